The second-order valence-corrected chi connectivity index (χ2v) is 6.31. The van der Waals surface area contributed by atoms with Crippen LogP contribution in [0.3, 0.4) is 0 Å². The van der Waals surface area contributed by atoms with Crippen LogP contribution in [0.2, 0.25) is 0 Å². The van der Waals surface area contributed by atoms with Gasteiger partial charge in [-0.1, -0.05) is 30.3 Å². The number of rotatable bonds is 1. The molecule has 0 radical (unpaired) electrons. The first-order valence-corrected chi connectivity index (χ1v) is 7.32. The molecule has 0 saturated carbocycles. The van der Waals surface area contributed by atoms with E-state index < -0.39 is 0 Å². The molecule has 3 heterocycles. The largest absolute Gasteiger partial charge is 0.345 e. The Morgan fingerprint density at radius 2 is 1.79 bits per heavy atom. The van der Waals surface area contributed by atoms with Crippen LogP contribution in [0.5, 0.6) is 0 Å². The molecule has 3 fully saturated rings. The van der Waals surface area contributed by atoms with Gasteiger partial charge < -0.3 is 14.4 Å². The molecule has 1 spiro atoms. The van der Waals surface area contributed by atoms with E-state index in [2.05, 4.69) is 24.1 Å². The summed E-state index contributed by atoms with van der Waals surface area (Å²) in [4.78, 5) is 2.55. The van der Waals surface area contributed by atoms with Crippen LogP contribution < -0.4 is 0 Å². The fourth-order valence-electron chi connectivity index (χ4n) is 4.04. The summed E-state index contributed by atoms with van der Waals surface area (Å²) in [6, 6.07) is 11.7. The summed E-state index contributed by atoms with van der Waals surface area (Å²) in [5.41, 5.74) is 1.12. The summed E-state index contributed by atoms with van der Waals surface area (Å²) in [5.74, 6) is 0. The summed E-state index contributed by atoms with van der Waals surface area (Å²) >= 11 is 0. The molecule has 3 heteroatoms. The van der Waals surface area contributed by atoms with Crippen molar-refractivity contribution >= 4 is 0 Å². The van der Waals surface area contributed by atoms with Crippen molar-refractivity contribution < 1.29 is 9.47 Å². The van der Waals surface area contributed by atoms with E-state index in [0.717, 1.165) is 25.0 Å². The van der Waals surface area contributed by atoms with Crippen LogP contribution in [-0.2, 0) is 9.47 Å². The van der Waals surface area contributed by atoms with E-state index in [4.69, 9.17) is 9.47 Å². The maximum Gasteiger partial charge on any atom is 0.184 e. The molecule has 2 unspecified atom stereocenters. The Morgan fingerprint density at radius 3 is 2.47 bits per heavy atom. The predicted molar refractivity (Wildman–Crippen MR) is 72.8 cm³/mol. The molecule has 0 amide bonds. The molecular formula is C16H21NO2. The van der Waals surface area contributed by atoms with E-state index >= 15 is 0 Å². The molecule has 0 N–H and O–H groups in total. The highest BCUT2D eigenvalue weighted by Crippen LogP contribution is 2.47. The summed E-state index contributed by atoms with van der Waals surface area (Å²) < 4.78 is 12.3. The summed E-state index contributed by atoms with van der Waals surface area (Å²) in [6.45, 7) is 0.757. The zero-order valence-electron chi connectivity index (χ0n) is 11.4. The van der Waals surface area contributed by atoms with Crippen molar-refractivity contribution in [2.45, 2.75) is 49.7 Å². The highest BCUT2D eigenvalue weighted by molar-refractivity contribution is 5.17. The van der Waals surface area contributed by atoms with Crippen molar-refractivity contribution in [2.24, 2.45) is 0 Å². The Balaban J connectivity index is 1.53. The van der Waals surface area contributed by atoms with E-state index in [-0.39, 0.29) is 11.9 Å². The third kappa shape index (κ3) is 1.92. The lowest BCUT2D eigenvalue weighted by atomic mass is 9.87. The summed E-state index contributed by atoms with van der Waals surface area (Å²) in [5, 5.41) is 0. The fourth-order valence-corrected chi connectivity index (χ4v) is 4.04. The van der Waals surface area contributed by atoms with Crippen LogP contribution >= 0.6 is 0 Å². The molecule has 3 saturated heterocycles. The quantitative estimate of drug-likeness (QED) is 0.774. The molecule has 2 bridgehead atoms. The van der Waals surface area contributed by atoms with Crippen molar-refractivity contribution in [2.75, 3.05) is 13.7 Å². The fraction of sp³-hybridized carbons (Fsp3) is 0.625. The van der Waals surface area contributed by atoms with E-state index in [1.54, 1.807) is 0 Å². The highest BCUT2D eigenvalue weighted by Gasteiger charge is 2.52. The zero-order chi connectivity index (χ0) is 12.9. The predicted octanol–water partition coefficient (Wildman–Crippen LogP) is 2.73. The van der Waals surface area contributed by atoms with Gasteiger partial charge in [0.1, 0.15) is 0 Å². The molecule has 3 aliphatic heterocycles. The second kappa shape index (κ2) is 4.30. The van der Waals surface area contributed by atoms with Crippen molar-refractivity contribution in [3.63, 3.8) is 0 Å². The van der Waals surface area contributed by atoms with Crippen LogP contribution in [0.4, 0.5) is 0 Å². The molecule has 1 aromatic carbocycles. The third-order valence-electron chi connectivity index (χ3n) is 5.13. The van der Waals surface area contributed by atoms with Gasteiger partial charge in [-0.25, -0.2) is 0 Å². The molecule has 19 heavy (non-hydrogen) atoms. The number of hydrogen-bond acceptors (Lipinski definition) is 3. The molecule has 1 aromatic rings. The van der Waals surface area contributed by atoms with Gasteiger partial charge in [0.05, 0.1) is 12.2 Å². The first-order valence-electron chi connectivity index (χ1n) is 7.32. The number of nitrogens with zero attached hydrogens (tertiary/aromatic N) is 1. The standard InChI is InChI=1S/C16H21NO2/c1-17-13-7-8-14(17)10-16(9-13)11-18-15(19-16)12-5-3-2-4-6-12/h2-6,13-15H,7-11H2,1H3/t13-,14+,15?,16?. The van der Waals surface area contributed by atoms with Crippen molar-refractivity contribution in [1.82, 2.24) is 4.90 Å². The van der Waals surface area contributed by atoms with Crippen LogP contribution in [0.15, 0.2) is 30.3 Å². The minimum Gasteiger partial charge on any atom is -0.345 e. The van der Waals surface area contributed by atoms with Gasteiger partial charge >= 0.3 is 0 Å². The molecule has 0 aromatic heterocycles. The van der Waals surface area contributed by atoms with Gasteiger partial charge in [-0.3, -0.25) is 0 Å². The lowest BCUT2D eigenvalue weighted by Crippen LogP contribution is -2.50. The Bertz CT molecular complexity index is 447. The number of ether oxygens (including phenoxy) is 2. The van der Waals surface area contributed by atoms with Crippen LogP contribution in [0, 0.1) is 0 Å². The molecule has 4 atom stereocenters. The van der Waals surface area contributed by atoms with E-state index in [1.165, 1.54) is 12.8 Å². The third-order valence-corrected chi connectivity index (χ3v) is 5.13. The van der Waals surface area contributed by atoms with E-state index in [1.807, 2.05) is 18.2 Å². The average molecular weight is 259 g/mol. The highest BCUT2D eigenvalue weighted by atomic mass is 16.7. The van der Waals surface area contributed by atoms with Gasteiger partial charge in [0.2, 0.25) is 0 Å². The van der Waals surface area contributed by atoms with Gasteiger partial charge in [0, 0.05) is 17.6 Å². The van der Waals surface area contributed by atoms with Gasteiger partial charge in [0.25, 0.3) is 0 Å². The molecule has 3 aliphatic rings. The van der Waals surface area contributed by atoms with Crippen molar-refractivity contribution in [1.29, 1.82) is 0 Å². The maximum atomic E-state index is 6.36. The maximum absolute atomic E-state index is 6.36. The summed E-state index contributed by atoms with van der Waals surface area (Å²) in [7, 11) is 2.26. The van der Waals surface area contributed by atoms with Crippen LogP contribution in [-0.4, -0.2) is 36.2 Å². The number of benzene rings is 1. The first kappa shape index (κ1) is 11.9. The molecule has 0 aliphatic carbocycles. The van der Waals surface area contributed by atoms with Gasteiger partial charge in [-0.05, 0) is 32.7 Å². The van der Waals surface area contributed by atoms with Gasteiger partial charge in [-0.2, -0.15) is 0 Å². The Kier molecular flexibility index (Phi) is 2.69. The van der Waals surface area contributed by atoms with E-state index in [0.29, 0.717) is 12.1 Å². The van der Waals surface area contributed by atoms with Crippen LogP contribution in [0.1, 0.15) is 37.5 Å². The zero-order valence-corrected chi connectivity index (χ0v) is 11.4. The molecule has 4 rings (SSSR count). The smallest absolute Gasteiger partial charge is 0.184 e. The SMILES string of the molecule is CN1[C@@H]2CC[C@H]1CC1(COC(c3ccccc3)O1)C2. The number of piperidine rings is 1. The van der Waals surface area contributed by atoms with Gasteiger partial charge in [0.15, 0.2) is 6.29 Å². The molecule has 3 nitrogen and oxygen atoms in total. The van der Waals surface area contributed by atoms with Crippen molar-refractivity contribution in [3.05, 3.63) is 35.9 Å². The Hall–Kier alpha value is -0.900. The molecular weight excluding hydrogens is 238 g/mol. The van der Waals surface area contributed by atoms with Crippen molar-refractivity contribution in [3.8, 4) is 0 Å². The summed E-state index contributed by atoms with van der Waals surface area (Å²) in [6.07, 6.45) is 4.74. The Morgan fingerprint density at radius 1 is 1.11 bits per heavy atom. The lowest BCUT2D eigenvalue weighted by molar-refractivity contribution is -0.117. The van der Waals surface area contributed by atoms with Gasteiger partial charge in [-0.15, -0.1) is 0 Å². The second-order valence-electron chi connectivity index (χ2n) is 6.31. The number of hydrogen-bond donors (Lipinski definition) is 0. The number of fused-ring (bicyclic) bond motifs is 2. The minimum atomic E-state index is -0.163. The minimum absolute atomic E-state index is 0.0289. The average Bonchev–Trinajstić information content (AvgIpc) is 2.92. The normalized spacial score (nSPS) is 42.1. The Labute approximate surface area is 114 Å². The first-order chi connectivity index (χ1) is 9.26. The monoisotopic (exact) mass is 259 g/mol. The molecule has 102 valence electrons. The van der Waals surface area contributed by atoms with Crippen LogP contribution in [0.25, 0.3) is 0 Å². The van der Waals surface area contributed by atoms with E-state index in [9.17, 15) is 0 Å². The topological polar surface area (TPSA) is 21.7 Å². The lowest BCUT2D eigenvalue weighted by Gasteiger charge is -2.41.